The monoisotopic (exact) mass is 382 g/mol. The van der Waals surface area contributed by atoms with E-state index in [1.165, 1.54) is 17.5 Å². The Morgan fingerprint density at radius 3 is 2.80 bits per heavy atom. The molecule has 1 fully saturated rings. The number of piperazine rings is 1. The van der Waals surface area contributed by atoms with Gasteiger partial charge in [-0.1, -0.05) is 11.6 Å². The molecule has 0 unspecified atom stereocenters. The summed E-state index contributed by atoms with van der Waals surface area (Å²) in [5.41, 5.74) is 0. The van der Waals surface area contributed by atoms with Gasteiger partial charge in [0.1, 0.15) is 4.90 Å². The van der Waals surface area contributed by atoms with Crippen molar-refractivity contribution >= 4 is 37.6 Å². The molecule has 112 valence electrons. The van der Waals surface area contributed by atoms with Crippen LogP contribution in [0.5, 0.6) is 5.75 Å². The number of benzene rings is 1. The molecule has 1 atom stereocenters. The van der Waals surface area contributed by atoms with Gasteiger partial charge in [0, 0.05) is 30.7 Å². The van der Waals surface area contributed by atoms with Crippen LogP contribution in [0.3, 0.4) is 0 Å². The summed E-state index contributed by atoms with van der Waals surface area (Å²) in [7, 11) is -2.19. The first-order chi connectivity index (χ1) is 9.36. The van der Waals surface area contributed by atoms with E-state index in [-0.39, 0.29) is 16.7 Å². The Bertz CT molecular complexity index is 609. The third kappa shape index (κ3) is 3.12. The summed E-state index contributed by atoms with van der Waals surface area (Å²) in [6.45, 7) is 3.44. The molecule has 1 heterocycles. The Balaban J connectivity index is 2.48. The van der Waals surface area contributed by atoms with E-state index in [1.807, 2.05) is 6.92 Å². The summed E-state index contributed by atoms with van der Waals surface area (Å²) in [5, 5.41) is 3.56. The van der Waals surface area contributed by atoms with E-state index >= 15 is 0 Å². The fourth-order valence-electron chi connectivity index (χ4n) is 2.18. The molecule has 20 heavy (non-hydrogen) atoms. The molecule has 0 saturated carbocycles. The number of ether oxygens (including phenoxy) is 1. The Hall–Kier alpha value is -0.340. The normalized spacial score (nSPS) is 20.9. The first kappa shape index (κ1) is 16.0. The summed E-state index contributed by atoms with van der Waals surface area (Å²) in [4.78, 5) is 0.0912. The third-order valence-electron chi connectivity index (χ3n) is 3.13. The molecule has 0 aliphatic carbocycles. The maximum absolute atomic E-state index is 12.8. The highest BCUT2D eigenvalue weighted by Gasteiger charge is 2.32. The second-order valence-corrected chi connectivity index (χ2v) is 7.83. The van der Waals surface area contributed by atoms with Crippen LogP contribution in [0.2, 0.25) is 5.02 Å². The van der Waals surface area contributed by atoms with Crippen molar-refractivity contribution in [1.82, 2.24) is 9.62 Å². The highest BCUT2D eigenvalue weighted by molar-refractivity contribution is 9.10. The van der Waals surface area contributed by atoms with Crippen LogP contribution in [0.1, 0.15) is 6.92 Å². The smallest absolute Gasteiger partial charge is 0.246 e. The Labute approximate surface area is 132 Å². The van der Waals surface area contributed by atoms with Gasteiger partial charge in [-0.05, 0) is 35.0 Å². The van der Waals surface area contributed by atoms with Crippen LogP contribution in [0, 0.1) is 0 Å². The molecule has 0 radical (unpaired) electrons. The minimum atomic E-state index is -3.63. The van der Waals surface area contributed by atoms with Crippen LogP contribution in [0.25, 0.3) is 0 Å². The molecule has 0 amide bonds. The quantitative estimate of drug-likeness (QED) is 0.868. The van der Waals surface area contributed by atoms with Crippen molar-refractivity contribution in [3.05, 3.63) is 21.6 Å². The molecule has 1 N–H and O–H groups in total. The van der Waals surface area contributed by atoms with Gasteiger partial charge >= 0.3 is 0 Å². The average Bonchev–Trinajstić information content (AvgIpc) is 2.38. The van der Waals surface area contributed by atoms with Crippen LogP contribution >= 0.6 is 27.5 Å². The number of nitrogens with one attached hydrogen (secondary N) is 1. The van der Waals surface area contributed by atoms with E-state index < -0.39 is 10.0 Å². The predicted molar refractivity (Wildman–Crippen MR) is 81.9 cm³/mol. The van der Waals surface area contributed by atoms with Crippen molar-refractivity contribution in [2.24, 2.45) is 0 Å². The van der Waals surface area contributed by atoms with E-state index in [0.29, 0.717) is 29.1 Å². The molecule has 0 aromatic heterocycles. The van der Waals surface area contributed by atoms with Gasteiger partial charge in [-0.25, -0.2) is 8.42 Å². The topological polar surface area (TPSA) is 58.6 Å². The van der Waals surface area contributed by atoms with Gasteiger partial charge in [0.15, 0.2) is 5.75 Å². The minimum Gasteiger partial charge on any atom is -0.494 e. The third-order valence-corrected chi connectivity index (χ3v) is 5.81. The number of hydrogen-bond donors (Lipinski definition) is 1. The molecule has 1 aromatic rings. The number of hydrogen-bond acceptors (Lipinski definition) is 4. The summed E-state index contributed by atoms with van der Waals surface area (Å²) in [6.07, 6.45) is 0. The van der Waals surface area contributed by atoms with Gasteiger partial charge < -0.3 is 10.1 Å². The molecule has 1 aromatic carbocycles. The van der Waals surface area contributed by atoms with Gasteiger partial charge in [0.2, 0.25) is 10.0 Å². The number of halogens is 2. The van der Waals surface area contributed by atoms with Crippen LogP contribution in [-0.2, 0) is 10.0 Å². The number of nitrogens with zero attached hydrogens (tertiary/aromatic N) is 1. The van der Waals surface area contributed by atoms with Crippen molar-refractivity contribution in [1.29, 1.82) is 0 Å². The van der Waals surface area contributed by atoms with Gasteiger partial charge in [-0.15, -0.1) is 0 Å². The predicted octanol–water partition coefficient (Wildman–Crippen LogP) is 2.09. The largest absolute Gasteiger partial charge is 0.494 e. The molecular weight excluding hydrogens is 368 g/mol. The summed E-state index contributed by atoms with van der Waals surface area (Å²) >= 11 is 9.25. The number of methoxy groups -OCH3 is 1. The lowest BCUT2D eigenvalue weighted by Gasteiger charge is -2.31. The lowest BCUT2D eigenvalue weighted by Crippen LogP contribution is -2.51. The average molecular weight is 384 g/mol. The standard InChI is InChI=1S/C12H16BrClN2O3S/c1-8-7-16(4-3-15-8)20(17,18)11-6-9(14)5-10(13)12(11)19-2/h5-6,8,15H,3-4,7H2,1-2H3/t8-/m0/s1. The lowest BCUT2D eigenvalue weighted by atomic mass is 10.3. The fourth-order valence-corrected chi connectivity index (χ4v) is 5.08. The minimum absolute atomic E-state index is 0.0912. The Kier molecular flexibility index (Phi) is 4.96. The Morgan fingerprint density at radius 1 is 1.50 bits per heavy atom. The number of sulfonamides is 1. The van der Waals surface area contributed by atoms with Gasteiger partial charge in [0.05, 0.1) is 11.6 Å². The summed E-state index contributed by atoms with van der Waals surface area (Å²) in [6, 6.07) is 3.15. The Morgan fingerprint density at radius 2 is 2.20 bits per heavy atom. The zero-order chi connectivity index (χ0) is 14.9. The van der Waals surface area contributed by atoms with Crippen LogP contribution in [-0.4, -0.2) is 45.5 Å². The van der Waals surface area contributed by atoms with E-state index in [9.17, 15) is 8.42 Å². The van der Waals surface area contributed by atoms with Crippen molar-refractivity contribution in [3.8, 4) is 5.75 Å². The molecule has 2 rings (SSSR count). The van der Waals surface area contributed by atoms with E-state index in [4.69, 9.17) is 16.3 Å². The number of rotatable bonds is 3. The van der Waals surface area contributed by atoms with Crippen molar-refractivity contribution in [2.45, 2.75) is 17.9 Å². The van der Waals surface area contributed by atoms with E-state index in [0.717, 1.165) is 0 Å². The fraction of sp³-hybridized carbons (Fsp3) is 0.500. The summed E-state index contributed by atoms with van der Waals surface area (Å²) < 4.78 is 32.7. The van der Waals surface area contributed by atoms with Crippen molar-refractivity contribution in [2.75, 3.05) is 26.7 Å². The SMILES string of the molecule is COc1c(Br)cc(Cl)cc1S(=O)(=O)N1CCN[C@@H](C)C1. The maximum Gasteiger partial charge on any atom is 0.246 e. The molecule has 0 spiro atoms. The van der Waals surface area contributed by atoms with Crippen LogP contribution < -0.4 is 10.1 Å². The van der Waals surface area contributed by atoms with Gasteiger partial charge in [-0.3, -0.25) is 0 Å². The van der Waals surface area contributed by atoms with Crippen molar-refractivity contribution < 1.29 is 13.2 Å². The highest BCUT2D eigenvalue weighted by atomic mass is 79.9. The molecule has 1 aliphatic heterocycles. The molecule has 5 nitrogen and oxygen atoms in total. The summed E-state index contributed by atoms with van der Waals surface area (Å²) in [5.74, 6) is 0.278. The molecule has 1 saturated heterocycles. The second kappa shape index (κ2) is 6.19. The molecular formula is C12H16BrClN2O3S. The van der Waals surface area contributed by atoms with Crippen LogP contribution in [0.4, 0.5) is 0 Å². The second-order valence-electron chi connectivity index (χ2n) is 4.64. The van der Waals surface area contributed by atoms with Gasteiger partial charge in [0.25, 0.3) is 0 Å². The zero-order valence-corrected chi connectivity index (χ0v) is 14.3. The lowest BCUT2D eigenvalue weighted by molar-refractivity contribution is 0.308. The zero-order valence-electron chi connectivity index (χ0n) is 11.2. The first-order valence-electron chi connectivity index (χ1n) is 6.13. The molecule has 8 heteroatoms. The highest BCUT2D eigenvalue weighted by Crippen LogP contribution is 2.36. The van der Waals surface area contributed by atoms with Crippen molar-refractivity contribution in [3.63, 3.8) is 0 Å². The van der Waals surface area contributed by atoms with E-state index in [1.54, 1.807) is 6.07 Å². The first-order valence-corrected chi connectivity index (χ1v) is 8.74. The maximum atomic E-state index is 12.8. The molecule has 1 aliphatic rings. The molecule has 0 bridgehead atoms. The van der Waals surface area contributed by atoms with Crippen LogP contribution in [0.15, 0.2) is 21.5 Å². The van der Waals surface area contributed by atoms with Gasteiger partial charge in [-0.2, -0.15) is 4.31 Å². The van der Waals surface area contributed by atoms with E-state index in [2.05, 4.69) is 21.2 Å².